The first-order valence-corrected chi connectivity index (χ1v) is 5.69. The fraction of sp³-hybridized carbons (Fsp3) is 0.455. The molecular formula is C11H12S. The van der Waals surface area contributed by atoms with E-state index in [9.17, 15) is 0 Å². The molecule has 0 bridgehead atoms. The first-order chi connectivity index (χ1) is 5.95. The van der Waals surface area contributed by atoms with E-state index in [2.05, 4.69) is 36.0 Å². The zero-order valence-corrected chi connectivity index (χ0v) is 7.81. The number of benzene rings is 1. The van der Waals surface area contributed by atoms with Crippen molar-refractivity contribution in [2.24, 2.45) is 5.92 Å². The maximum atomic E-state index is 2.32. The van der Waals surface area contributed by atoms with Crippen LogP contribution in [0.3, 0.4) is 0 Å². The topological polar surface area (TPSA) is 0 Å². The van der Waals surface area contributed by atoms with Crippen molar-refractivity contribution >= 4 is 11.8 Å². The molecule has 2 aliphatic rings. The van der Waals surface area contributed by atoms with Crippen LogP contribution in [0.1, 0.15) is 22.8 Å². The van der Waals surface area contributed by atoms with Crippen molar-refractivity contribution in [3.05, 3.63) is 35.4 Å². The molecule has 1 heteroatoms. The van der Waals surface area contributed by atoms with Gasteiger partial charge in [-0.05, 0) is 35.6 Å². The molecule has 0 radical (unpaired) electrons. The standard InChI is InChI=1S/C11H12S/c1-2-4-10-8(3-1)7-9-5-6-12-11(9)10/h1-4,9,11H,5-7H2. The fourth-order valence-electron chi connectivity index (χ4n) is 2.47. The second-order valence-electron chi connectivity index (χ2n) is 3.74. The number of thioether (sulfide) groups is 1. The van der Waals surface area contributed by atoms with Crippen molar-refractivity contribution in [2.45, 2.75) is 18.1 Å². The molecule has 1 saturated heterocycles. The molecule has 1 aliphatic carbocycles. The lowest BCUT2D eigenvalue weighted by atomic mass is 10.0. The Bertz CT molecular complexity index is 306. The van der Waals surface area contributed by atoms with E-state index in [0.29, 0.717) is 0 Å². The highest BCUT2D eigenvalue weighted by Gasteiger charge is 2.35. The lowest BCUT2D eigenvalue weighted by Gasteiger charge is -2.07. The molecule has 1 fully saturated rings. The highest BCUT2D eigenvalue weighted by molar-refractivity contribution is 7.99. The summed E-state index contributed by atoms with van der Waals surface area (Å²) in [5.41, 5.74) is 3.24. The number of hydrogen-bond donors (Lipinski definition) is 0. The average molecular weight is 176 g/mol. The molecule has 2 unspecified atom stereocenters. The Morgan fingerprint density at radius 1 is 1.25 bits per heavy atom. The van der Waals surface area contributed by atoms with Crippen molar-refractivity contribution in [3.63, 3.8) is 0 Å². The van der Waals surface area contributed by atoms with Crippen LogP contribution in [0, 0.1) is 5.92 Å². The molecule has 0 spiro atoms. The summed E-state index contributed by atoms with van der Waals surface area (Å²) in [5.74, 6) is 2.34. The van der Waals surface area contributed by atoms with Gasteiger partial charge in [0, 0.05) is 5.25 Å². The first kappa shape index (κ1) is 7.02. The van der Waals surface area contributed by atoms with Crippen molar-refractivity contribution in [1.29, 1.82) is 0 Å². The minimum Gasteiger partial charge on any atom is -0.153 e. The van der Waals surface area contributed by atoms with Crippen molar-refractivity contribution in [1.82, 2.24) is 0 Å². The third-order valence-electron chi connectivity index (χ3n) is 3.06. The van der Waals surface area contributed by atoms with E-state index >= 15 is 0 Å². The summed E-state index contributed by atoms with van der Waals surface area (Å²) < 4.78 is 0. The van der Waals surface area contributed by atoms with Gasteiger partial charge in [0.05, 0.1) is 0 Å². The van der Waals surface area contributed by atoms with Gasteiger partial charge >= 0.3 is 0 Å². The average Bonchev–Trinajstić information content (AvgIpc) is 2.62. The second-order valence-corrected chi connectivity index (χ2v) is 4.99. The smallest absolute Gasteiger partial charge is 0.0331 e. The van der Waals surface area contributed by atoms with E-state index in [-0.39, 0.29) is 0 Å². The van der Waals surface area contributed by atoms with Gasteiger partial charge in [0.25, 0.3) is 0 Å². The molecule has 3 rings (SSSR count). The molecule has 62 valence electrons. The van der Waals surface area contributed by atoms with Crippen LogP contribution in [0.2, 0.25) is 0 Å². The third-order valence-corrected chi connectivity index (χ3v) is 4.53. The quantitative estimate of drug-likeness (QED) is 0.585. The molecule has 2 atom stereocenters. The van der Waals surface area contributed by atoms with Crippen LogP contribution in [0.25, 0.3) is 0 Å². The largest absolute Gasteiger partial charge is 0.153 e. The zero-order valence-electron chi connectivity index (χ0n) is 6.99. The molecule has 0 saturated carbocycles. The van der Waals surface area contributed by atoms with Crippen LogP contribution < -0.4 is 0 Å². The number of rotatable bonds is 0. The first-order valence-electron chi connectivity index (χ1n) is 4.64. The minimum absolute atomic E-state index is 0.848. The van der Waals surface area contributed by atoms with Crippen molar-refractivity contribution < 1.29 is 0 Å². The van der Waals surface area contributed by atoms with Crippen LogP contribution in [-0.4, -0.2) is 5.75 Å². The number of hydrogen-bond acceptors (Lipinski definition) is 1. The van der Waals surface area contributed by atoms with Gasteiger partial charge in [-0.2, -0.15) is 11.8 Å². The van der Waals surface area contributed by atoms with Gasteiger partial charge in [0.2, 0.25) is 0 Å². The van der Waals surface area contributed by atoms with E-state index < -0.39 is 0 Å². The Balaban J connectivity index is 2.09. The molecule has 0 N–H and O–H groups in total. The lowest BCUT2D eigenvalue weighted by Crippen LogP contribution is -1.95. The summed E-state index contributed by atoms with van der Waals surface area (Å²) in [5, 5.41) is 0.848. The molecule has 0 aromatic heterocycles. The van der Waals surface area contributed by atoms with E-state index in [1.165, 1.54) is 18.6 Å². The SMILES string of the molecule is c1ccc2c(c1)CC1CCSC21. The molecule has 1 heterocycles. The lowest BCUT2D eigenvalue weighted by molar-refractivity contribution is 0.563. The summed E-state index contributed by atoms with van der Waals surface area (Å²) in [6, 6.07) is 8.97. The Morgan fingerprint density at radius 2 is 2.17 bits per heavy atom. The third kappa shape index (κ3) is 0.861. The van der Waals surface area contributed by atoms with Gasteiger partial charge in [0.15, 0.2) is 0 Å². The van der Waals surface area contributed by atoms with Gasteiger partial charge in [-0.15, -0.1) is 0 Å². The van der Waals surface area contributed by atoms with Crippen LogP contribution in [0.5, 0.6) is 0 Å². The molecule has 12 heavy (non-hydrogen) atoms. The fourth-order valence-corrected chi connectivity index (χ4v) is 4.07. The molecular weight excluding hydrogens is 164 g/mol. The maximum absolute atomic E-state index is 2.32. The predicted molar refractivity (Wildman–Crippen MR) is 53.5 cm³/mol. The van der Waals surface area contributed by atoms with E-state index in [1.54, 1.807) is 11.1 Å². The van der Waals surface area contributed by atoms with Gasteiger partial charge in [0.1, 0.15) is 0 Å². The van der Waals surface area contributed by atoms with Crippen molar-refractivity contribution in [2.75, 3.05) is 5.75 Å². The molecule has 0 amide bonds. The van der Waals surface area contributed by atoms with Gasteiger partial charge in [-0.3, -0.25) is 0 Å². The molecule has 1 aromatic rings. The predicted octanol–water partition coefficient (Wildman–Crippen LogP) is 3.04. The summed E-state index contributed by atoms with van der Waals surface area (Å²) >= 11 is 2.16. The molecule has 1 aromatic carbocycles. The summed E-state index contributed by atoms with van der Waals surface area (Å²) in [6.45, 7) is 0. The van der Waals surface area contributed by atoms with Crippen LogP contribution >= 0.6 is 11.8 Å². The van der Waals surface area contributed by atoms with E-state index in [0.717, 1.165) is 11.2 Å². The Morgan fingerprint density at radius 3 is 3.17 bits per heavy atom. The zero-order chi connectivity index (χ0) is 7.97. The monoisotopic (exact) mass is 176 g/mol. The highest BCUT2D eigenvalue weighted by atomic mass is 32.2. The van der Waals surface area contributed by atoms with Crippen LogP contribution in [0.15, 0.2) is 24.3 Å². The highest BCUT2D eigenvalue weighted by Crippen LogP contribution is 2.51. The Labute approximate surface area is 77.4 Å². The van der Waals surface area contributed by atoms with Gasteiger partial charge in [-0.1, -0.05) is 24.3 Å². The normalized spacial score (nSPS) is 31.7. The second kappa shape index (κ2) is 2.53. The minimum atomic E-state index is 0.848. The van der Waals surface area contributed by atoms with Gasteiger partial charge in [-0.25, -0.2) is 0 Å². The maximum Gasteiger partial charge on any atom is 0.0331 e. The molecule has 0 nitrogen and oxygen atoms in total. The van der Waals surface area contributed by atoms with E-state index in [1.807, 2.05) is 0 Å². The Kier molecular flexibility index (Phi) is 1.48. The summed E-state index contributed by atoms with van der Waals surface area (Å²) in [6.07, 6.45) is 2.78. The summed E-state index contributed by atoms with van der Waals surface area (Å²) in [7, 11) is 0. The molecule has 1 aliphatic heterocycles. The van der Waals surface area contributed by atoms with E-state index in [4.69, 9.17) is 0 Å². The summed E-state index contributed by atoms with van der Waals surface area (Å²) in [4.78, 5) is 0. The van der Waals surface area contributed by atoms with Gasteiger partial charge < -0.3 is 0 Å². The Hall–Kier alpha value is -0.430. The van der Waals surface area contributed by atoms with Crippen LogP contribution in [0.4, 0.5) is 0 Å². The van der Waals surface area contributed by atoms with Crippen molar-refractivity contribution in [3.8, 4) is 0 Å². The number of fused-ring (bicyclic) bond motifs is 3. The van der Waals surface area contributed by atoms with Crippen LogP contribution in [-0.2, 0) is 6.42 Å².